The first-order valence-corrected chi connectivity index (χ1v) is 4.64. The smallest absolute Gasteiger partial charge is 0.346 e. The summed E-state index contributed by atoms with van der Waals surface area (Å²) in [5, 5.41) is 0.141. The van der Waals surface area contributed by atoms with E-state index in [1.165, 1.54) is 19.1 Å². The third-order valence-electron chi connectivity index (χ3n) is 1.76. The van der Waals surface area contributed by atoms with Gasteiger partial charge in [-0.25, -0.2) is 14.2 Å². The van der Waals surface area contributed by atoms with Crippen LogP contribution < -0.4 is 5.63 Å². The van der Waals surface area contributed by atoms with Gasteiger partial charge >= 0.3 is 5.63 Å². The molecule has 1 aromatic heterocycles. The van der Waals surface area contributed by atoms with Crippen molar-refractivity contribution in [3.05, 3.63) is 38.7 Å². The van der Waals surface area contributed by atoms with E-state index in [-0.39, 0.29) is 16.8 Å². The lowest BCUT2D eigenvalue weighted by Crippen LogP contribution is -2.04. The third-order valence-corrected chi connectivity index (χ3v) is 2.22. The summed E-state index contributed by atoms with van der Waals surface area (Å²) < 4.78 is 18.6. The molecule has 0 aliphatic rings. The zero-order chi connectivity index (χ0) is 10.3. The van der Waals surface area contributed by atoms with Crippen LogP contribution in [0.3, 0.4) is 0 Å². The molecule has 2 rings (SSSR count). The van der Waals surface area contributed by atoms with E-state index < -0.39 is 11.4 Å². The normalized spacial score (nSPS) is 10.8. The summed E-state index contributed by atoms with van der Waals surface area (Å²) >= 11 is 3.09. The Bertz CT molecular complexity index is 564. The molecule has 0 unspecified atom stereocenters. The predicted octanol–water partition coefficient (Wildman–Crippen LogP) is 2.40. The highest BCUT2D eigenvalue weighted by Gasteiger charge is 2.09. The van der Waals surface area contributed by atoms with E-state index in [2.05, 4.69) is 20.9 Å². The fraction of sp³-hybridized carbons (Fsp3) is 0.111. The van der Waals surface area contributed by atoms with Gasteiger partial charge in [-0.3, -0.25) is 0 Å². The van der Waals surface area contributed by atoms with Crippen LogP contribution >= 0.6 is 15.9 Å². The van der Waals surface area contributed by atoms with Gasteiger partial charge in [-0.2, -0.15) is 0 Å². The minimum Gasteiger partial charge on any atom is -0.408 e. The molecule has 0 aliphatic heterocycles. The standard InChI is InChI=1S/C9H5BrFNO2/c1-4-12-8-6(9(13)14-4)2-5(10)3-7(8)11/h2-3H,1H3. The van der Waals surface area contributed by atoms with Crippen molar-refractivity contribution >= 4 is 26.8 Å². The van der Waals surface area contributed by atoms with Gasteiger partial charge < -0.3 is 4.42 Å². The van der Waals surface area contributed by atoms with Crippen LogP contribution in [0.15, 0.2) is 25.8 Å². The van der Waals surface area contributed by atoms with Gasteiger partial charge in [0, 0.05) is 11.4 Å². The van der Waals surface area contributed by atoms with Crippen molar-refractivity contribution in [3.63, 3.8) is 0 Å². The van der Waals surface area contributed by atoms with Crippen LogP contribution in [-0.4, -0.2) is 4.98 Å². The molecule has 0 saturated carbocycles. The van der Waals surface area contributed by atoms with Crippen LogP contribution in [0.5, 0.6) is 0 Å². The minimum absolute atomic E-state index is 0.0435. The van der Waals surface area contributed by atoms with Gasteiger partial charge in [0.25, 0.3) is 0 Å². The molecule has 14 heavy (non-hydrogen) atoms. The predicted molar refractivity (Wildman–Crippen MR) is 52.7 cm³/mol. The molecule has 5 heteroatoms. The van der Waals surface area contributed by atoms with Crippen molar-refractivity contribution in [2.45, 2.75) is 6.92 Å². The van der Waals surface area contributed by atoms with Crippen LogP contribution in [0.4, 0.5) is 4.39 Å². The maximum Gasteiger partial charge on any atom is 0.346 e. The van der Waals surface area contributed by atoms with Gasteiger partial charge in [0.2, 0.25) is 0 Å². The molecule has 0 amide bonds. The monoisotopic (exact) mass is 257 g/mol. The van der Waals surface area contributed by atoms with E-state index in [1.807, 2.05) is 0 Å². The molecule has 0 saturated heterocycles. The molecule has 0 radical (unpaired) electrons. The van der Waals surface area contributed by atoms with Gasteiger partial charge in [0.1, 0.15) is 5.52 Å². The second-order valence-corrected chi connectivity index (χ2v) is 3.72. The maximum atomic E-state index is 13.3. The molecule has 2 aromatic rings. The molecule has 3 nitrogen and oxygen atoms in total. The molecule has 0 atom stereocenters. The highest BCUT2D eigenvalue weighted by Crippen LogP contribution is 2.19. The topological polar surface area (TPSA) is 43.1 Å². The number of nitrogens with zero attached hydrogens (tertiary/aromatic N) is 1. The van der Waals surface area contributed by atoms with Crippen molar-refractivity contribution in [3.8, 4) is 0 Å². The van der Waals surface area contributed by atoms with Crippen LogP contribution in [-0.2, 0) is 0 Å². The minimum atomic E-state index is -0.576. The largest absolute Gasteiger partial charge is 0.408 e. The van der Waals surface area contributed by atoms with E-state index in [9.17, 15) is 9.18 Å². The van der Waals surface area contributed by atoms with Gasteiger partial charge in [0.15, 0.2) is 11.7 Å². The van der Waals surface area contributed by atoms with E-state index in [0.29, 0.717) is 4.47 Å². The molecule has 1 aromatic carbocycles. The average Bonchev–Trinajstić information content (AvgIpc) is 2.07. The molecule has 1 heterocycles. The van der Waals surface area contributed by atoms with Crippen molar-refractivity contribution in [1.29, 1.82) is 0 Å². The summed E-state index contributed by atoms with van der Waals surface area (Å²) in [7, 11) is 0. The fourth-order valence-corrected chi connectivity index (χ4v) is 1.63. The number of halogens is 2. The van der Waals surface area contributed by atoms with E-state index >= 15 is 0 Å². The first kappa shape index (κ1) is 9.33. The molecule has 0 spiro atoms. The van der Waals surface area contributed by atoms with Crippen molar-refractivity contribution in [2.24, 2.45) is 0 Å². The first-order chi connectivity index (χ1) is 6.58. The quantitative estimate of drug-likeness (QED) is 0.728. The summed E-state index contributed by atoms with van der Waals surface area (Å²) in [4.78, 5) is 15.1. The zero-order valence-corrected chi connectivity index (χ0v) is 8.76. The van der Waals surface area contributed by atoms with Gasteiger partial charge in [-0.05, 0) is 12.1 Å². The Morgan fingerprint density at radius 2 is 2.21 bits per heavy atom. The molecular formula is C9H5BrFNO2. The summed E-state index contributed by atoms with van der Waals surface area (Å²) in [5.41, 5.74) is -0.533. The Labute approximate surface area is 86.7 Å². The van der Waals surface area contributed by atoms with E-state index in [0.717, 1.165) is 0 Å². The molecule has 72 valence electrons. The van der Waals surface area contributed by atoms with E-state index in [1.54, 1.807) is 0 Å². The van der Waals surface area contributed by atoms with Crippen LogP contribution in [0.25, 0.3) is 10.9 Å². The average molecular weight is 258 g/mol. The van der Waals surface area contributed by atoms with Gasteiger partial charge in [-0.1, -0.05) is 15.9 Å². The molecule has 0 N–H and O–H groups in total. The number of hydrogen-bond acceptors (Lipinski definition) is 3. The summed E-state index contributed by atoms with van der Waals surface area (Å²) in [5.74, 6) is -0.380. The summed E-state index contributed by atoms with van der Waals surface area (Å²) in [6, 6.07) is 2.74. The van der Waals surface area contributed by atoms with Crippen LogP contribution in [0.2, 0.25) is 0 Å². The lowest BCUT2D eigenvalue weighted by atomic mass is 10.2. The van der Waals surface area contributed by atoms with E-state index in [4.69, 9.17) is 4.42 Å². The number of aryl methyl sites for hydroxylation is 1. The zero-order valence-electron chi connectivity index (χ0n) is 7.17. The van der Waals surface area contributed by atoms with Crippen LogP contribution in [0, 0.1) is 12.7 Å². The maximum absolute atomic E-state index is 13.3. The van der Waals surface area contributed by atoms with Gasteiger partial charge in [0.05, 0.1) is 5.39 Å². The highest BCUT2D eigenvalue weighted by molar-refractivity contribution is 9.10. The molecular weight excluding hydrogens is 253 g/mol. The van der Waals surface area contributed by atoms with Crippen LogP contribution in [0.1, 0.15) is 5.89 Å². The Morgan fingerprint density at radius 1 is 1.50 bits per heavy atom. The molecule has 0 aliphatic carbocycles. The number of rotatable bonds is 0. The Kier molecular flexibility index (Phi) is 2.11. The Morgan fingerprint density at radius 3 is 2.93 bits per heavy atom. The second kappa shape index (κ2) is 3.16. The lowest BCUT2D eigenvalue weighted by Gasteiger charge is -1.99. The summed E-state index contributed by atoms with van der Waals surface area (Å²) in [6.45, 7) is 1.50. The summed E-state index contributed by atoms with van der Waals surface area (Å²) in [6.07, 6.45) is 0. The Balaban J connectivity index is 3.02. The van der Waals surface area contributed by atoms with Crippen molar-refractivity contribution < 1.29 is 8.81 Å². The molecule has 0 fully saturated rings. The highest BCUT2D eigenvalue weighted by atomic mass is 79.9. The SMILES string of the molecule is Cc1nc2c(F)cc(Br)cc2c(=O)o1. The van der Waals surface area contributed by atoms with Crippen molar-refractivity contribution in [2.75, 3.05) is 0 Å². The number of benzene rings is 1. The van der Waals surface area contributed by atoms with Crippen molar-refractivity contribution in [1.82, 2.24) is 4.98 Å². The third kappa shape index (κ3) is 1.43. The Hall–Kier alpha value is -1.23. The second-order valence-electron chi connectivity index (χ2n) is 2.80. The lowest BCUT2D eigenvalue weighted by molar-refractivity contribution is 0.465. The number of fused-ring (bicyclic) bond motifs is 1. The number of aromatic nitrogens is 1. The molecule has 0 bridgehead atoms. The number of hydrogen-bond donors (Lipinski definition) is 0. The first-order valence-electron chi connectivity index (χ1n) is 3.84. The fourth-order valence-electron chi connectivity index (χ4n) is 1.20. The van der Waals surface area contributed by atoms with Gasteiger partial charge in [-0.15, -0.1) is 0 Å².